The van der Waals surface area contributed by atoms with E-state index in [-0.39, 0.29) is 5.91 Å². The van der Waals surface area contributed by atoms with Crippen LogP contribution in [0.25, 0.3) is 5.69 Å². The molecule has 3 rings (SSSR count). The number of carbonyl (C=O) groups is 1. The summed E-state index contributed by atoms with van der Waals surface area (Å²) >= 11 is 0. The van der Waals surface area contributed by atoms with Crippen molar-refractivity contribution in [2.45, 2.75) is 13.0 Å². The van der Waals surface area contributed by atoms with E-state index in [2.05, 4.69) is 32.7 Å². The molecule has 7 heteroatoms. The Kier molecular flexibility index (Phi) is 7.21. The van der Waals surface area contributed by atoms with Gasteiger partial charge in [0.1, 0.15) is 0 Å². The molecule has 0 saturated heterocycles. The first-order chi connectivity index (χ1) is 14.6. The molecular formula is C23H28N6O. The predicted octanol–water partition coefficient (Wildman–Crippen LogP) is 2.48. The topological polar surface area (TPSA) is 74.6 Å². The van der Waals surface area contributed by atoms with E-state index >= 15 is 0 Å². The summed E-state index contributed by atoms with van der Waals surface area (Å²) in [6.45, 7) is 1.35. The van der Waals surface area contributed by atoms with Gasteiger partial charge in [-0.1, -0.05) is 30.3 Å². The number of benzene rings is 2. The number of aliphatic imine (C=N–C) groups is 1. The van der Waals surface area contributed by atoms with Crippen LogP contribution >= 0.6 is 0 Å². The first-order valence-electron chi connectivity index (χ1n) is 9.90. The third kappa shape index (κ3) is 5.47. The van der Waals surface area contributed by atoms with Crippen molar-refractivity contribution in [1.82, 2.24) is 25.1 Å². The number of amides is 1. The van der Waals surface area contributed by atoms with Crippen molar-refractivity contribution >= 4 is 11.9 Å². The van der Waals surface area contributed by atoms with Gasteiger partial charge in [0.05, 0.1) is 12.0 Å². The minimum Gasteiger partial charge on any atom is -0.356 e. The molecule has 0 fully saturated rings. The lowest BCUT2D eigenvalue weighted by molar-refractivity contribution is 0.0827. The van der Waals surface area contributed by atoms with Crippen LogP contribution in [0.15, 0.2) is 72.2 Å². The van der Waals surface area contributed by atoms with Crippen LogP contribution in [-0.4, -0.2) is 54.0 Å². The van der Waals surface area contributed by atoms with E-state index < -0.39 is 0 Å². The molecule has 0 aliphatic carbocycles. The van der Waals surface area contributed by atoms with Crippen LogP contribution in [0, 0.1) is 0 Å². The summed E-state index contributed by atoms with van der Waals surface area (Å²) in [4.78, 5) is 22.2. The second-order valence-electron chi connectivity index (χ2n) is 7.10. The molecule has 0 radical (unpaired) electrons. The molecule has 0 saturated carbocycles. The molecule has 1 amide bonds. The summed E-state index contributed by atoms with van der Waals surface area (Å²) in [6, 6.07) is 15.9. The number of aromatic nitrogens is 2. The predicted molar refractivity (Wildman–Crippen MR) is 120 cm³/mol. The summed E-state index contributed by atoms with van der Waals surface area (Å²) in [5.41, 5.74) is 4.04. The van der Waals surface area contributed by atoms with Crippen molar-refractivity contribution in [2.24, 2.45) is 4.99 Å². The molecule has 2 aromatic carbocycles. The van der Waals surface area contributed by atoms with Crippen LogP contribution in [0.3, 0.4) is 0 Å². The smallest absolute Gasteiger partial charge is 0.253 e. The number of hydrogen-bond acceptors (Lipinski definition) is 3. The fraction of sp³-hybridized carbons (Fsp3) is 0.261. The van der Waals surface area contributed by atoms with Crippen molar-refractivity contribution in [3.8, 4) is 5.69 Å². The Balaban J connectivity index is 1.54. The normalized spacial score (nSPS) is 11.2. The van der Waals surface area contributed by atoms with E-state index in [1.54, 1.807) is 38.6 Å². The molecular weight excluding hydrogens is 376 g/mol. The summed E-state index contributed by atoms with van der Waals surface area (Å²) in [5, 5.41) is 6.70. The molecule has 7 nitrogen and oxygen atoms in total. The minimum absolute atomic E-state index is 0.0128. The molecule has 1 heterocycles. The molecule has 156 valence electrons. The second-order valence-corrected chi connectivity index (χ2v) is 7.10. The van der Waals surface area contributed by atoms with Gasteiger partial charge in [-0.3, -0.25) is 9.79 Å². The molecule has 2 N–H and O–H groups in total. The molecule has 0 bridgehead atoms. The maximum atomic E-state index is 12.1. The van der Waals surface area contributed by atoms with Crippen molar-refractivity contribution < 1.29 is 4.79 Å². The van der Waals surface area contributed by atoms with Gasteiger partial charge in [-0.25, -0.2) is 4.98 Å². The monoisotopic (exact) mass is 404 g/mol. The molecule has 0 unspecified atom stereocenters. The first kappa shape index (κ1) is 21.1. The van der Waals surface area contributed by atoms with Gasteiger partial charge in [0.15, 0.2) is 5.96 Å². The fourth-order valence-corrected chi connectivity index (χ4v) is 3.16. The second kappa shape index (κ2) is 10.2. The van der Waals surface area contributed by atoms with Crippen molar-refractivity contribution in [3.63, 3.8) is 0 Å². The molecule has 1 aromatic heterocycles. The third-order valence-corrected chi connectivity index (χ3v) is 4.73. The van der Waals surface area contributed by atoms with E-state index in [0.29, 0.717) is 18.7 Å². The summed E-state index contributed by atoms with van der Waals surface area (Å²) in [6.07, 6.45) is 6.29. The SMILES string of the molecule is CN=C(NCCc1cccc(C(=O)N(C)C)c1)NCc1ccccc1-n1ccnc1. The number of para-hydroxylation sites is 1. The van der Waals surface area contributed by atoms with Gasteiger partial charge < -0.3 is 20.1 Å². The van der Waals surface area contributed by atoms with Gasteiger partial charge in [0.25, 0.3) is 5.91 Å². The summed E-state index contributed by atoms with van der Waals surface area (Å²) in [7, 11) is 5.28. The summed E-state index contributed by atoms with van der Waals surface area (Å²) < 4.78 is 2.00. The van der Waals surface area contributed by atoms with Crippen LogP contribution < -0.4 is 10.6 Å². The van der Waals surface area contributed by atoms with Gasteiger partial charge in [0, 0.05) is 52.2 Å². The average Bonchev–Trinajstić information content (AvgIpc) is 3.30. The van der Waals surface area contributed by atoms with E-state index in [4.69, 9.17) is 0 Å². The standard InChI is InChI=1S/C23H28N6O/c1-24-23(26-12-11-18-7-6-9-19(15-18)22(30)28(2)3)27-16-20-8-4-5-10-21(20)29-14-13-25-17-29/h4-10,13-15,17H,11-12,16H2,1-3H3,(H2,24,26,27). The third-order valence-electron chi connectivity index (χ3n) is 4.73. The molecule has 30 heavy (non-hydrogen) atoms. The molecule has 0 aliphatic rings. The fourth-order valence-electron chi connectivity index (χ4n) is 3.16. The number of imidazole rings is 1. The maximum absolute atomic E-state index is 12.1. The Hall–Kier alpha value is -3.61. The van der Waals surface area contributed by atoms with Gasteiger partial charge in [0.2, 0.25) is 0 Å². The molecule has 0 spiro atoms. The van der Waals surface area contributed by atoms with Crippen LogP contribution in [0.4, 0.5) is 0 Å². The molecule has 0 atom stereocenters. The van der Waals surface area contributed by atoms with E-state index in [0.717, 1.165) is 29.2 Å². The molecule has 3 aromatic rings. The Morgan fingerprint density at radius 1 is 1.13 bits per heavy atom. The van der Waals surface area contributed by atoms with E-state index in [1.807, 2.05) is 47.2 Å². The number of carbonyl (C=O) groups excluding carboxylic acids is 1. The Morgan fingerprint density at radius 2 is 1.97 bits per heavy atom. The zero-order valence-electron chi connectivity index (χ0n) is 17.7. The quantitative estimate of drug-likeness (QED) is 0.469. The van der Waals surface area contributed by atoms with Crippen molar-refractivity contribution in [3.05, 3.63) is 83.9 Å². The van der Waals surface area contributed by atoms with Crippen molar-refractivity contribution in [1.29, 1.82) is 0 Å². The number of nitrogens with one attached hydrogen (secondary N) is 2. The van der Waals surface area contributed by atoms with Crippen LogP contribution in [0.2, 0.25) is 0 Å². The lowest BCUT2D eigenvalue weighted by Gasteiger charge is -2.15. The first-order valence-corrected chi connectivity index (χ1v) is 9.90. The van der Waals surface area contributed by atoms with Gasteiger partial charge >= 0.3 is 0 Å². The number of rotatable bonds is 7. The Morgan fingerprint density at radius 3 is 2.70 bits per heavy atom. The maximum Gasteiger partial charge on any atom is 0.253 e. The van der Waals surface area contributed by atoms with Gasteiger partial charge in [-0.15, -0.1) is 0 Å². The largest absolute Gasteiger partial charge is 0.356 e. The highest BCUT2D eigenvalue weighted by Gasteiger charge is 2.08. The Labute approximate surface area is 177 Å². The van der Waals surface area contributed by atoms with Crippen molar-refractivity contribution in [2.75, 3.05) is 27.7 Å². The lowest BCUT2D eigenvalue weighted by atomic mass is 10.1. The average molecular weight is 405 g/mol. The zero-order chi connectivity index (χ0) is 21.3. The highest BCUT2D eigenvalue weighted by Crippen LogP contribution is 2.13. The van der Waals surface area contributed by atoms with Crippen LogP contribution in [0.1, 0.15) is 21.5 Å². The van der Waals surface area contributed by atoms with Gasteiger partial charge in [-0.2, -0.15) is 0 Å². The number of hydrogen-bond donors (Lipinski definition) is 2. The summed E-state index contributed by atoms with van der Waals surface area (Å²) in [5.74, 6) is 0.745. The van der Waals surface area contributed by atoms with Gasteiger partial charge in [-0.05, 0) is 35.7 Å². The highest BCUT2D eigenvalue weighted by molar-refractivity contribution is 5.94. The lowest BCUT2D eigenvalue weighted by Crippen LogP contribution is -2.38. The highest BCUT2D eigenvalue weighted by atomic mass is 16.2. The number of guanidine groups is 1. The zero-order valence-corrected chi connectivity index (χ0v) is 17.7. The Bertz CT molecular complexity index is 994. The van der Waals surface area contributed by atoms with E-state index in [1.165, 1.54) is 0 Å². The van der Waals surface area contributed by atoms with E-state index in [9.17, 15) is 4.79 Å². The number of nitrogens with zero attached hydrogens (tertiary/aromatic N) is 4. The van der Waals surface area contributed by atoms with Crippen LogP contribution in [0.5, 0.6) is 0 Å². The minimum atomic E-state index is 0.0128. The van der Waals surface area contributed by atoms with Crippen LogP contribution in [-0.2, 0) is 13.0 Å². The molecule has 0 aliphatic heterocycles.